The summed E-state index contributed by atoms with van der Waals surface area (Å²) in [5.74, 6) is 0. The maximum atomic E-state index is 5.84. The van der Waals surface area contributed by atoms with Gasteiger partial charge in [-0.3, -0.25) is 0 Å². The standard InChI is InChI=1S/C16H19N3/c17-15-8-7-14(10-16(15)18)19-13-6-5-11-3-1-2-4-12(11)9-13/h1-4,7-8,10,13,19H,5-6,9,17-18H2. The average Bonchev–Trinajstić information content (AvgIpc) is 2.43. The number of aryl methyl sites for hydroxylation is 1. The van der Waals surface area contributed by atoms with E-state index in [1.165, 1.54) is 11.1 Å². The molecule has 1 aliphatic carbocycles. The van der Waals surface area contributed by atoms with Crippen LogP contribution < -0.4 is 16.8 Å². The summed E-state index contributed by atoms with van der Waals surface area (Å²) in [6, 6.07) is 14.9. The molecular weight excluding hydrogens is 234 g/mol. The number of nitrogens with two attached hydrogens (primary N) is 2. The minimum Gasteiger partial charge on any atom is -0.397 e. The Labute approximate surface area is 113 Å². The van der Waals surface area contributed by atoms with Gasteiger partial charge < -0.3 is 16.8 Å². The number of nitrogens with one attached hydrogen (secondary N) is 1. The largest absolute Gasteiger partial charge is 0.397 e. The van der Waals surface area contributed by atoms with Crippen LogP contribution in [0.25, 0.3) is 0 Å². The second kappa shape index (κ2) is 4.84. The maximum absolute atomic E-state index is 5.84. The fraction of sp³-hybridized carbons (Fsp3) is 0.250. The van der Waals surface area contributed by atoms with E-state index in [0.717, 1.165) is 24.9 Å². The first-order chi connectivity index (χ1) is 9.22. The van der Waals surface area contributed by atoms with E-state index < -0.39 is 0 Å². The van der Waals surface area contributed by atoms with Crippen molar-refractivity contribution in [1.29, 1.82) is 0 Å². The molecule has 0 radical (unpaired) electrons. The maximum Gasteiger partial charge on any atom is 0.0568 e. The molecule has 3 heteroatoms. The minimum atomic E-state index is 0.470. The first kappa shape index (κ1) is 11.9. The lowest BCUT2D eigenvalue weighted by molar-refractivity contribution is 0.611. The van der Waals surface area contributed by atoms with Gasteiger partial charge in [0.05, 0.1) is 11.4 Å². The van der Waals surface area contributed by atoms with Crippen LogP contribution in [-0.4, -0.2) is 6.04 Å². The molecule has 1 atom stereocenters. The number of fused-ring (bicyclic) bond motifs is 1. The van der Waals surface area contributed by atoms with Crippen molar-refractivity contribution in [3.05, 3.63) is 53.6 Å². The summed E-state index contributed by atoms with van der Waals surface area (Å²) in [6.45, 7) is 0. The molecule has 0 fully saturated rings. The summed E-state index contributed by atoms with van der Waals surface area (Å²) in [4.78, 5) is 0. The molecule has 0 heterocycles. The van der Waals surface area contributed by atoms with Crippen LogP contribution in [0.2, 0.25) is 0 Å². The second-order valence-corrected chi connectivity index (χ2v) is 5.20. The molecule has 19 heavy (non-hydrogen) atoms. The first-order valence-electron chi connectivity index (χ1n) is 6.71. The van der Waals surface area contributed by atoms with Crippen molar-refractivity contribution < 1.29 is 0 Å². The van der Waals surface area contributed by atoms with E-state index in [-0.39, 0.29) is 0 Å². The highest BCUT2D eigenvalue weighted by molar-refractivity contribution is 5.69. The highest BCUT2D eigenvalue weighted by Gasteiger charge is 2.17. The van der Waals surface area contributed by atoms with Gasteiger partial charge in [0.1, 0.15) is 0 Å². The number of hydrogen-bond acceptors (Lipinski definition) is 3. The van der Waals surface area contributed by atoms with E-state index in [4.69, 9.17) is 11.5 Å². The number of rotatable bonds is 2. The summed E-state index contributed by atoms with van der Waals surface area (Å²) in [7, 11) is 0. The predicted octanol–water partition coefficient (Wildman–Crippen LogP) is 2.82. The van der Waals surface area contributed by atoms with Crippen LogP contribution in [0, 0.1) is 0 Å². The SMILES string of the molecule is Nc1ccc(NC2CCc3ccccc3C2)cc1N. The Morgan fingerprint density at radius 1 is 0.947 bits per heavy atom. The smallest absolute Gasteiger partial charge is 0.0568 e. The van der Waals surface area contributed by atoms with E-state index >= 15 is 0 Å². The van der Waals surface area contributed by atoms with Gasteiger partial charge in [-0.1, -0.05) is 24.3 Å². The van der Waals surface area contributed by atoms with Gasteiger partial charge in [-0.25, -0.2) is 0 Å². The number of benzene rings is 2. The summed E-state index contributed by atoms with van der Waals surface area (Å²) >= 11 is 0. The van der Waals surface area contributed by atoms with E-state index in [2.05, 4.69) is 29.6 Å². The molecule has 98 valence electrons. The zero-order valence-corrected chi connectivity index (χ0v) is 10.9. The van der Waals surface area contributed by atoms with Crippen LogP contribution in [0.4, 0.5) is 17.1 Å². The molecule has 0 aromatic heterocycles. The highest BCUT2D eigenvalue weighted by atomic mass is 14.9. The summed E-state index contributed by atoms with van der Waals surface area (Å²) in [5, 5.41) is 3.55. The predicted molar refractivity (Wildman–Crippen MR) is 81.1 cm³/mol. The Bertz CT molecular complexity index is 592. The highest BCUT2D eigenvalue weighted by Crippen LogP contribution is 2.25. The van der Waals surface area contributed by atoms with Crippen LogP contribution in [0.5, 0.6) is 0 Å². The van der Waals surface area contributed by atoms with Crippen molar-refractivity contribution in [2.45, 2.75) is 25.3 Å². The second-order valence-electron chi connectivity index (χ2n) is 5.20. The van der Waals surface area contributed by atoms with Crippen LogP contribution in [0.15, 0.2) is 42.5 Å². The first-order valence-corrected chi connectivity index (χ1v) is 6.71. The van der Waals surface area contributed by atoms with Crippen LogP contribution >= 0.6 is 0 Å². The molecule has 0 saturated heterocycles. The van der Waals surface area contributed by atoms with Crippen LogP contribution in [0.1, 0.15) is 17.5 Å². The van der Waals surface area contributed by atoms with Gasteiger partial charge in [0, 0.05) is 11.7 Å². The Hall–Kier alpha value is -2.16. The van der Waals surface area contributed by atoms with E-state index in [9.17, 15) is 0 Å². The molecule has 0 spiro atoms. The van der Waals surface area contributed by atoms with Crippen LogP contribution in [0.3, 0.4) is 0 Å². The lowest BCUT2D eigenvalue weighted by Gasteiger charge is -2.26. The fourth-order valence-corrected chi connectivity index (χ4v) is 2.72. The Kier molecular flexibility index (Phi) is 3.03. The molecule has 0 bridgehead atoms. The third kappa shape index (κ3) is 2.50. The lowest BCUT2D eigenvalue weighted by atomic mass is 9.88. The van der Waals surface area contributed by atoms with E-state index in [1.54, 1.807) is 0 Å². The van der Waals surface area contributed by atoms with Crippen molar-refractivity contribution in [3.63, 3.8) is 0 Å². The van der Waals surface area contributed by atoms with Crippen molar-refractivity contribution in [2.75, 3.05) is 16.8 Å². The molecule has 1 unspecified atom stereocenters. The number of nitrogen functional groups attached to an aromatic ring is 2. The van der Waals surface area contributed by atoms with E-state index in [1.807, 2.05) is 18.2 Å². The van der Waals surface area contributed by atoms with Gasteiger partial charge in [-0.15, -0.1) is 0 Å². The third-order valence-corrected chi connectivity index (χ3v) is 3.80. The molecule has 0 saturated carbocycles. The third-order valence-electron chi connectivity index (χ3n) is 3.80. The van der Waals surface area contributed by atoms with Crippen molar-refractivity contribution in [3.8, 4) is 0 Å². The number of anilines is 3. The van der Waals surface area contributed by atoms with Gasteiger partial charge in [-0.2, -0.15) is 0 Å². The molecule has 0 aliphatic heterocycles. The van der Waals surface area contributed by atoms with Crippen LogP contribution in [-0.2, 0) is 12.8 Å². The van der Waals surface area contributed by atoms with Crippen molar-refractivity contribution in [2.24, 2.45) is 0 Å². The molecule has 1 aliphatic rings. The van der Waals surface area contributed by atoms with Gasteiger partial charge >= 0.3 is 0 Å². The zero-order valence-electron chi connectivity index (χ0n) is 10.9. The Balaban J connectivity index is 1.73. The molecule has 3 rings (SSSR count). The van der Waals surface area contributed by atoms with Gasteiger partial charge in [0.15, 0.2) is 0 Å². The topological polar surface area (TPSA) is 64.1 Å². The van der Waals surface area contributed by atoms with Crippen molar-refractivity contribution in [1.82, 2.24) is 0 Å². The molecule has 5 N–H and O–H groups in total. The average molecular weight is 253 g/mol. The molecule has 2 aromatic rings. The van der Waals surface area contributed by atoms with Gasteiger partial charge in [0.25, 0.3) is 0 Å². The normalized spacial score (nSPS) is 17.8. The minimum absolute atomic E-state index is 0.470. The zero-order chi connectivity index (χ0) is 13.2. The van der Waals surface area contributed by atoms with E-state index in [0.29, 0.717) is 17.4 Å². The van der Waals surface area contributed by atoms with Gasteiger partial charge in [-0.05, 0) is 48.6 Å². The molecule has 0 amide bonds. The number of hydrogen-bond donors (Lipinski definition) is 3. The quantitative estimate of drug-likeness (QED) is 0.721. The van der Waals surface area contributed by atoms with Crippen molar-refractivity contribution >= 4 is 17.1 Å². The molecular formula is C16H19N3. The Morgan fingerprint density at radius 2 is 1.74 bits per heavy atom. The summed E-state index contributed by atoms with van der Waals surface area (Å²) in [5.41, 5.74) is 16.8. The molecule has 3 nitrogen and oxygen atoms in total. The summed E-state index contributed by atoms with van der Waals surface area (Å²) < 4.78 is 0. The monoisotopic (exact) mass is 253 g/mol. The van der Waals surface area contributed by atoms with Gasteiger partial charge in [0.2, 0.25) is 0 Å². The Morgan fingerprint density at radius 3 is 2.53 bits per heavy atom. The fourth-order valence-electron chi connectivity index (χ4n) is 2.72. The molecule has 2 aromatic carbocycles. The summed E-state index contributed by atoms with van der Waals surface area (Å²) in [6.07, 6.45) is 3.36. The lowest BCUT2D eigenvalue weighted by Crippen LogP contribution is -2.27.